The van der Waals surface area contributed by atoms with Crippen molar-refractivity contribution in [3.05, 3.63) is 76.5 Å². The van der Waals surface area contributed by atoms with Crippen molar-refractivity contribution in [2.75, 3.05) is 19.6 Å². The minimum Gasteiger partial charge on any atom is -0.457 e. The van der Waals surface area contributed by atoms with Crippen molar-refractivity contribution in [2.24, 2.45) is 0 Å². The van der Waals surface area contributed by atoms with E-state index in [1.165, 1.54) is 11.1 Å². The quantitative estimate of drug-likeness (QED) is 0.569. The van der Waals surface area contributed by atoms with Gasteiger partial charge in [0.2, 0.25) is 0 Å². The Morgan fingerprint density at radius 1 is 1.15 bits per heavy atom. The van der Waals surface area contributed by atoms with E-state index in [1.54, 1.807) is 6.20 Å². The van der Waals surface area contributed by atoms with Gasteiger partial charge < -0.3 is 15.0 Å². The van der Waals surface area contributed by atoms with E-state index >= 15 is 0 Å². The zero-order chi connectivity index (χ0) is 22.8. The Bertz CT molecular complexity index is 1150. The van der Waals surface area contributed by atoms with Gasteiger partial charge >= 0.3 is 5.97 Å². The summed E-state index contributed by atoms with van der Waals surface area (Å²) in [6.45, 7) is 5.39. The van der Waals surface area contributed by atoms with Crippen LogP contribution in [0.5, 0.6) is 0 Å². The van der Waals surface area contributed by atoms with Crippen LogP contribution >= 0.6 is 0 Å². The van der Waals surface area contributed by atoms with Crippen LogP contribution in [0.3, 0.4) is 0 Å². The summed E-state index contributed by atoms with van der Waals surface area (Å²) in [6.07, 6.45) is 4.56. The second kappa shape index (κ2) is 9.19. The number of benzene rings is 2. The lowest BCUT2D eigenvalue weighted by Gasteiger charge is -2.32. The van der Waals surface area contributed by atoms with Gasteiger partial charge in [0.25, 0.3) is 5.91 Å². The third-order valence-electron chi connectivity index (χ3n) is 6.86. The van der Waals surface area contributed by atoms with Crippen LogP contribution in [0.25, 0.3) is 11.3 Å². The van der Waals surface area contributed by atoms with Gasteiger partial charge in [-0.2, -0.15) is 5.10 Å². The molecule has 2 aliphatic rings. The van der Waals surface area contributed by atoms with Gasteiger partial charge in [-0.25, -0.2) is 4.79 Å². The number of hydrogen-bond acceptors (Lipinski definition) is 5. The Balaban J connectivity index is 1.10. The Kier molecular flexibility index (Phi) is 5.96. The molecule has 0 spiro atoms. The van der Waals surface area contributed by atoms with Gasteiger partial charge in [-0.1, -0.05) is 18.2 Å². The van der Waals surface area contributed by atoms with E-state index in [1.807, 2.05) is 36.4 Å². The van der Waals surface area contributed by atoms with E-state index in [-0.39, 0.29) is 17.9 Å². The second-order valence-electron chi connectivity index (χ2n) is 8.84. The molecule has 5 rings (SSSR count). The number of ether oxygens (including phenoxy) is 1. The van der Waals surface area contributed by atoms with Gasteiger partial charge in [-0.15, -0.1) is 0 Å². The normalized spacial score (nSPS) is 16.5. The average molecular weight is 445 g/mol. The molecule has 1 saturated heterocycles. The smallest absolute Gasteiger partial charge is 0.338 e. The molecule has 7 heteroatoms. The van der Waals surface area contributed by atoms with Gasteiger partial charge in [0.1, 0.15) is 6.61 Å². The number of aromatic amines is 1. The Hall–Kier alpha value is -3.45. The molecule has 2 aromatic carbocycles. The Labute approximate surface area is 193 Å². The molecule has 2 N–H and O–H groups in total. The molecule has 1 amide bonds. The fourth-order valence-electron chi connectivity index (χ4n) is 4.73. The number of nitrogens with zero attached hydrogens (tertiary/aromatic N) is 2. The summed E-state index contributed by atoms with van der Waals surface area (Å²) in [5.74, 6) is -0.229. The molecule has 1 aromatic heterocycles. The number of piperidine rings is 1. The maximum atomic E-state index is 12.7. The summed E-state index contributed by atoms with van der Waals surface area (Å²) in [7, 11) is 0. The molecule has 7 nitrogen and oxygen atoms in total. The van der Waals surface area contributed by atoms with Crippen LogP contribution in [0.15, 0.2) is 48.7 Å². The number of H-pyrrole nitrogens is 1. The Morgan fingerprint density at radius 3 is 2.67 bits per heavy atom. The van der Waals surface area contributed by atoms with Crippen molar-refractivity contribution in [3.8, 4) is 11.3 Å². The van der Waals surface area contributed by atoms with E-state index in [2.05, 4.69) is 33.4 Å². The van der Waals surface area contributed by atoms with Gasteiger partial charge in [0.15, 0.2) is 0 Å². The van der Waals surface area contributed by atoms with Crippen LogP contribution in [0.4, 0.5) is 0 Å². The molecule has 1 fully saturated rings. The third-order valence-corrected chi connectivity index (χ3v) is 6.86. The summed E-state index contributed by atoms with van der Waals surface area (Å²) in [6, 6.07) is 13.7. The number of carbonyl (C=O) groups excluding carboxylic acids is 2. The second-order valence-corrected chi connectivity index (χ2v) is 8.84. The monoisotopic (exact) mass is 444 g/mol. The molecular formula is C26H28N4O3. The van der Waals surface area contributed by atoms with Crippen LogP contribution < -0.4 is 5.32 Å². The molecule has 170 valence electrons. The molecular weight excluding hydrogens is 416 g/mol. The number of fused-ring (bicyclic) bond motifs is 1. The highest BCUT2D eigenvalue weighted by molar-refractivity contribution is 5.95. The summed E-state index contributed by atoms with van der Waals surface area (Å²) in [4.78, 5) is 26.9. The van der Waals surface area contributed by atoms with Crippen molar-refractivity contribution in [1.29, 1.82) is 0 Å². The van der Waals surface area contributed by atoms with Crippen LogP contribution in [0.1, 0.15) is 50.2 Å². The van der Waals surface area contributed by atoms with Crippen LogP contribution in [0, 0.1) is 6.92 Å². The maximum Gasteiger partial charge on any atom is 0.338 e. The number of rotatable bonds is 6. The van der Waals surface area contributed by atoms with Crippen LogP contribution in [-0.4, -0.2) is 52.6 Å². The first-order valence-electron chi connectivity index (χ1n) is 11.5. The molecule has 3 heterocycles. The van der Waals surface area contributed by atoms with Crippen LogP contribution in [0.2, 0.25) is 0 Å². The predicted molar refractivity (Wildman–Crippen MR) is 125 cm³/mol. The number of hydrogen-bond donors (Lipinski definition) is 2. The fourth-order valence-corrected chi connectivity index (χ4v) is 4.73. The fraction of sp³-hybridized carbons (Fsp3) is 0.346. The molecule has 0 aliphatic carbocycles. The molecule has 3 aromatic rings. The number of likely N-dealkylation sites (tertiary alicyclic amines) is 1. The summed E-state index contributed by atoms with van der Waals surface area (Å²) >= 11 is 0. The number of esters is 1. The summed E-state index contributed by atoms with van der Waals surface area (Å²) in [5, 5.41) is 10.1. The van der Waals surface area contributed by atoms with E-state index in [0.717, 1.165) is 55.7 Å². The van der Waals surface area contributed by atoms with E-state index in [9.17, 15) is 9.59 Å². The van der Waals surface area contributed by atoms with Crippen molar-refractivity contribution in [2.45, 2.75) is 38.8 Å². The van der Waals surface area contributed by atoms with E-state index in [4.69, 9.17) is 4.74 Å². The number of carbonyl (C=O) groups is 2. The molecule has 33 heavy (non-hydrogen) atoms. The first-order chi connectivity index (χ1) is 16.1. The van der Waals surface area contributed by atoms with Crippen LogP contribution in [-0.2, 0) is 17.8 Å². The Morgan fingerprint density at radius 2 is 1.94 bits per heavy atom. The first kappa shape index (κ1) is 21.4. The number of cyclic esters (lactones) is 1. The lowest BCUT2D eigenvalue weighted by Crippen LogP contribution is -2.45. The molecule has 0 bridgehead atoms. The molecule has 0 saturated carbocycles. The van der Waals surface area contributed by atoms with Crippen molar-refractivity contribution < 1.29 is 14.3 Å². The minimum atomic E-state index is -0.211. The predicted octanol–water partition coefficient (Wildman–Crippen LogP) is 3.49. The third kappa shape index (κ3) is 4.54. The molecule has 0 radical (unpaired) electrons. The van der Waals surface area contributed by atoms with E-state index in [0.29, 0.717) is 17.7 Å². The van der Waals surface area contributed by atoms with Crippen molar-refractivity contribution in [1.82, 2.24) is 20.4 Å². The van der Waals surface area contributed by atoms with Crippen molar-refractivity contribution in [3.63, 3.8) is 0 Å². The highest BCUT2D eigenvalue weighted by Gasteiger charge is 2.25. The van der Waals surface area contributed by atoms with E-state index < -0.39 is 0 Å². The van der Waals surface area contributed by atoms with Crippen molar-refractivity contribution >= 4 is 11.9 Å². The maximum absolute atomic E-state index is 12.7. The standard InChI is InChI=1S/C26H28N4O3/c1-17-18(6-7-22-23(17)16-33-26(22)32)9-13-30-14-10-21(11-15-30)28-25(31)20-4-2-19(3-5-20)24-8-12-27-29-24/h2-8,12,21H,9-11,13-16H2,1H3,(H,27,29)(H,28,31). The lowest BCUT2D eigenvalue weighted by molar-refractivity contribution is 0.0534. The molecule has 2 aliphatic heterocycles. The summed E-state index contributed by atoms with van der Waals surface area (Å²) < 4.78 is 5.16. The zero-order valence-electron chi connectivity index (χ0n) is 18.8. The van der Waals surface area contributed by atoms with Gasteiger partial charge in [0, 0.05) is 43.0 Å². The largest absolute Gasteiger partial charge is 0.457 e. The van der Waals surface area contributed by atoms with Gasteiger partial charge in [-0.3, -0.25) is 9.89 Å². The minimum absolute atomic E-state index is 0.0184. The number of nitrogens with one attached hydrogen (secondary N) is 2. The topological polar surface area (TPSA) is 87.3 Å². The lowest BCUT2D eigenvalue weighted by atomic mass is 9.96. The molecule has 0 atom stereocenters. The highest BCUT2D eigenvalue weighted by Crippen LogP contribution is 2.26. The number of aromatic nitrogens is 2. The van der Waals surface area contributed by atoms with Gasteiger partial charge in [-0.05, 0) is 67.1 Å². The molecule has 0 unspecified atom stereocenters. The summed E-state index contributed by atoms with van der Waals surface area (Å²) in [5.41, 5.74) is 6.83. The van der Waals surface area contributed by atoms with Gasteiger partial charge in [0.05, 0.1) is 11.3 Å². The first-order valence-corrected chi connectivity index (χ1v) is 11.5. The zero-order valence-corrected chi connectivity index (χ0v) is 18.8. The number of amides is 1. The SMILES string of the molecule is Cc1c(CCN2CCC(NC(=O)c3ccc(-c4ccn[nH]4)cc3)CC2)ccc2c1COC2=O. The highest BCUT2D eigenvalue weighted by atomic mass is 16.5. The average Bonchev–Trinajstić information content (AvgIpc) is 3.51.